The number of carbonyl (C=O) groups is 2. The summed E-state index contributed by atoms with van der Waals surface area (Å²) in [6.07, 6.45) is 5.52. The highest BCUT2D eigenvalue weighted by molar-refractivity contribution is 5.70. The van der Waals surface area contributed by atoms with Crippen molar-refractivity contribution in [3.05, 3.63) is 47.6 Å². The first-order chi connectivity index (χ1) is 18.8. The van der Waals surface area contributed by atoms with E-state index in [1.165, 1.54) is 5.56 Å². The maximum Gasteiger partial charge on any atom is 0.410 e. The fraction of sp³-hybridized carbons (Fsp3) is 0.677. The normalized spacial score (nSPS) is 25.6. The summed E-state index contributed by atoms with van der Waals surface area (Å²) in [6.45, 7) is 11.8. The Hall–Kier alpha value is -3.10. The molecule has 1 N–H and O–H groups in total. The summed E-state index contributed by atoms with van der Waals surface area (Å²) in [6, 6.07) is 10.6. The number of ether oxygens (including phenoxy) is 2. The van der Waals surface area contributed by atoms with E-state index in [9.17, 15) is 9.59 Å². The summed E-state index contributed by atoms with van der Waals surface area (Å²) in [5, 5.41) is 7.37. The van der Waals surface area contributed by atoms with E-state index in [1.807, 2.05) is 64.6 Å². The average molecular weight is 553 g/mol. The van der Waals surface area contributed by atoms with Crippen LogP contribution in [0.4, 0.5) is 9.59 Å². The van der Waals surface area contributed by atoms with Crippen molar-refractivity contribution >= 4 is 12.2 Å². The molecule has 3 aliphatic carbocycles. The summed E-state index contributed by atoms with van der Waals surface area (Å²) < 4.78 is 17.1. The van der Waals surface area contributed by atoms with Crippen molar-refractivity contribution in [2.75, 3.05) is 6.54 Å². The Bertz CT molecular complexity index is 1190. The van der Waals surface area contributed by atoms with Gasteiger partial charge in [-0.3, -0.25) is 0 Å². The summed E-state index contributed by atoms with van der Waals surface area (Å²) in [5.74, 6) is 1.86. The van der Waals surface area contributed by atoms with E-state index in [0.717, 1.165) is 50.8 Å². The standard InChI is InChI=1S/C31H44N4O5/c1-29(2,3)38-27(36)32-22-14-12-21(13-15-22)25-33-26(40-34-25)31(16-17-31)19-35(28(37)39-30(4,5)6)24-18-23(24)20-10-8-7-9-11-20/h7-11,21-24H,12-19H2,1-6H3,(H,32,36)/t21-,22-,23-,24+/m0/s1. The predicted molar refractivity (Wildman–Crippen MR) is 150 cm³/mol. The number of amides is 2. The zero-order valence-electron chi connectivity index (χ0n) is 24.7. The molecule has 0 spiro atoms. The van der Waals surface area contributed by atoms with Gasteiger partial charge in [0.15, 0.2) is 5.82 Å². The lowest BCUT2D eigenvalue weighted by Crippen LogP contribution is -2.43. The van der Waals surface area contributed by atoms with Crippen LogP contribution in [-0.4, -0.2) is 57.1 Å². The van der Waals surface area contributed by atoms with Crippen molar-refractivity contribution in [1.82, 2.24) is 20.4 Å². The largest absolute Gasteiger partial charge is 0.444 e. The number of carbonyl (C=O) groups excluding carboxylic acids is 2. The molecule has 2 amide bonds. The van der Waals surface area contributed by atoms with Crippen molar-refractivity contribution in [2.45, 2.75) is 127 Å². The van der Waals surface area contributed by atoms with Crippen LogP contribution >= 0.6 is 0 Å². The molecule has 218 valence electrons. The van der Waals surface area contributed by atoms with Crippen molar-refractivity contribution in [3.63, 3.8) is 0 Å². The van der Waals surface area contributed by atoms with Gasteiger partial charge in [-0.1, -0.05) is 35.5 Å². The Morgan fingerprint density at radius 2 is 1.65 bits per heavy atom. The van der Waals surface area contributed by atoms with Crippen LogP contribution in [0.3, 0.4) is 0 Å². The van der Waals surface area contributed by atoms with E-state index in [0.29, 0.717) is 18.4 Å². The molecule has 2 aromatic rings. The monoisotopic (exact) mass is 552 g/mol. The molecule has 1 heterocycles. The number of benzene rings is 1. The average Bonchev–Trinajstić information content (AvgIpc) is 3.78. The lowest BCUT2D eigenvalue weighted by atomic mass is 9.85. The molecular formula is C31H44N4O5. The first kappa shape index (κ1) is 28.4. The van der Waals surface area contributed by atoms with Gasteiger partial charge in [-0.2, -0.15) is 4.98 Å². The fourth-order valence-corrected chi connectivity index (χ4v) is 5.73. The van der Waals surface area contributed by atoms with E-state index in [4.69, 9.17) is 19.0 Å². The molecule has 3 saturated carbocycles. The molecule has 0 saturated heterocycles. The van der Waals surface area contributed by atoms with Gasteiger partial charge in [0.1, 0.15) is 11.2 Å². The van der Waals surface area contributed by atoms with Crippen LogP contribution in [-0.2, 0) is 14.9 Å². The quantitative estimate of drug-likeness (QED) is 0.421. The number of hydrogen-bond acceptors (Lipinski definition) is 7. The molecule has 0 unspecified atom stereocenters. The van der Waals surface area contributed by atoms with Crippen LogP contribution in [0, 0.1) is 0 Å². The molecular weight excluding hydrogens is 508 g/mol. The summed E-state index contributed by atoms with van der Waals surface area (Å²) in [4.78, 5) is 32.3. The van der Waals surface area contributed by atoms with Crippen LogP contribution in [0.15, 0.2) is 34.9 Å². The molecule has 0 radical (unpaired) electrons. The number of alkyl carbamates (subject to hydrolysis) is 1. The first-order valence-corrected chi connectivity index (χ1v) is 14.7. The molecule has 0 aliphatic heterocycles. The predicted octanol–water partition coefficient (Wildman–Crippen LogP) is 6.45. The fourth-order valence-electron chi connectivity index (χ4n) is 5.73. The van der Waals surface area contributed by atoms with Crippen molar-refractivity contribution in [2.24, 2.45) is 0 Å². The van der Waals surface area contributed by atoms with Gasteiger partial charge in [0.2, 0.25) is 5.89 Å². The van der Waals surface area contributed by atoms with Gasteiger partial charge < -0.3 is 24.2 Å². The topological polar surface area (TPSA) is 107 Å². The second-order valence-electron chi connectivity index (χ2n) is 13.9. The van der Waals surface area contributed by atoms with Gasteiger partial charge in [0, 0.05) is 30.5 Å². The molecule has 1 aromatic heterocycles. The summed E-state index contributed by atoms with van der Waals surface area (Å²) >= 11 is 0. The molecule has 9 heteroatoms. The number of hydrogen-bond donors (Lipinski definition) is 1. The maximum atomic E-state index is 13.4. The highest BCUT2D eigenvalue weighted by Gasteiger charge is 2.55. The van der Waals surface area contributed by atoms with Crippen LogP contribution < -0.4 is 5.32 Å². The van der Waals surface area contributed by atoms with Gasteiger partial charge in [-0.25, -0.2) is 9.59 Å². The van der Waals surface area contributed by atoms with Gasteiger partial charge in [0.25, 0.3) is 0 Å². The highest BCUT2D eigenvalue weighted by Crippen LogP contribution is 2.52. The summed E-state index contributed by atoms with van der Waals surface area (Å²) in [5.41, 5.74) is -0.149. The number of nitrogens with one attached hydrogen (secondary N) is 1. The summed E-state index contributed by atoms with van der Waals surface area (Å²) in [7, 11) is 0. The molecule has 9 nitrogen and oxygen atoms in total. The van der Waals surface area contributed by atoms with Crippen molar-refractivity contribution < 1.29 is 23.6 Å². The third kappa shape index (κ3) is 6.96. The van der Waals surface area contributed by atoms with Gasteiger partial charge >= 0.3 is 12.2 Å². The molecule has 1 aromatic carbocycles. The third-order valence-corrected chi connectivity index (χ3v) is 8.05. The molecule has 40 heavy (non-hydrogen) atoms. The van der Waals surface area contributed by atoms with E-state index < -0.39 is 11.2 Å². The first-order valence-electron chi connectivity index (χ1n) is 14.7. The zero-order chi connectivity index (χ0) is 28.7. The third-order valence-electron chi connectivity index (χ3n) is 8.05. The minimum Gasteiger partial charge on any atom is -0.444 e. The molecule has 2 atom stereocenters. The number of aromatic nitrogens is 2. The smallest absolute Gasteiger partial charge is 0.410 e. The van der Waals surface area contributed by atoms with Gasteiger partial charge in [-0.05, 0) is 92.1 Å². The maximum absolute atomic E-state index is 13.4. The Morgan fingerprint density at radius 3 is 2.25 bits per heavy atom. The Balaban J connectivity index is 1.22. The van der Waals surface area contributed by atoms with E-state index in [-0.39, 0.29) is 35.6 Å². The highest BCUT2D eigenvalue weighted by atomic mass is 16.6. The minimum absolute atomic E-state index is 0.0886. The van der Waals surface area contributed by atoms with Crippen molar-refractivity contribution in [3.8, 4) is 0 Å². The van der Waals surface area contributed by atoms with Crippen LogP contribution in [0.5, 0.6) is 0 Å². The Morgan fingerprint density at radius 1 is 1.00 bits per heavy atom. The number of nitrogens with zero attached hydrogens (tertiary/aromatic N) is 3. The second-order valence-corrected chi connectivity index (χ2v) is 13.9. The Kier molecular flexibility index (Phi) is 7.61. The molecule has 3 aliphatic rings. The second kappa shape index (κ2) is 10.7. The molecule has 3 fully saturated rings. The lowest BCUT2D eigenvalue weighted by Gasteiger charge is -2.30. The van der Waals surface area contributed by atoms with Crippen LogP contribution in [0.2, 0.25) is 0 Å². The molecule has 0 bridgehead atoms. The van der Waals surface area contributed by atoms with Crippen LogP contribution in [0.1, 0.15) is 116 Å². The van der Waals surface area contributed by atoms with Gasteiger partial charge in [-0.15, -0.1) is 0 Å². The number of rotatable bonds is 7. The minimum atomic E-state index is -0.571. The SMILES string of the molecule is CC(C)(C)OC(=O)N[C@H]1CC[C@H](c2noc(C3(CN(C(=O)OC(C)(C)C)[C@@H]4C[C@H]4c4ccccc4)CC3)n2)CC1. The lowest BCUT2D eigenvalue weighted by molar-refractivity contribution is 0.0203. The van der Waals surface area contributed by atoms with E-state index >= 15 is 0 Å². The van der Waals surface area contributed by atoms with Crippen LogP contribution in [0.25, 0.3) is 0 Å². The molecule has 5 rings (SSSR count). The van der Waals surface area contributed by atoms with E-state index in [1.54, 1.807) is 0 Å². The van der Waals surface area contributed by atoms with Gasteiger partial charge in [0.05, 0.1) is 5.41 Å². The van der Waals surface area contributed by atoms with E-state index in [2.05, 4.69) is 22.6 Å². The zero-order valence-corrected chi connectivity index (χ0v) is 24.7. The van der Waals surface area contributed by atoms with Crippen molar-refractivity contribution in [1.29, 1.82) is 0 Å². The Labute approximate surface area is 237 Å².